The molecule has 2 heterocycles. The molecule has 0 unspecified atom stereocenters. The van der Waals surface area contributed by atoms with E-state index in [1.807, 2.05) is 46.0 Å². The zero-order chi connectivity index (χ0) is 19.3. The molecule has 1 aliphatic heterocycles. The molecule has 0 radical (unpaired) electrons. The average Bonchev–Trinajstić information content (AvgIpc) is 3.21. The van der Waals surface area contributed by atoms with E-state index in [0.717, 1.165) is 47.9 Å². The smallest absolute Gasteiger partial charge is 0.253 e. The van der Waals surface area contributed by atoms with E-state index in [0.29, 0.717) is 5.75 Å². The molecule has 0 spiro atoms. The first-order valence-corrected chi connectivity index (χ1v) is 10.5. The summed E-state index contributed by atoms with van der Waals surface area (Å²) in [5, 5.41) is 0.790. The number of amides is 1. The molecule has 3 aromatic rings. The van der Waals surface area contributed by atoms with Gasteiger partial charge in [-0.25, -0.2) is 9.37 Å². The molecule has 6 heteroatoms. The predicted octanol–water partition coefficient (Wildman–Crippen LogP) is 4.93. The van der Waals surface area contributed by atoms with Gasteiger partial charge in [0.05, 0.1) is 5.69 Å². The molecule has 4 rings (SSSR count). The number of imidazole rings is 1. The number of thioether (sulfide) groups is 1. The first kappa shape index (κ1) is 18.7. The minimum absolute atomic E-state index is 0.118. The van der Waals surface area contributed by atoms with Gasteiger partial charge in [-0.1, -0.05) is 30.0 Å². The Kier molecular flexibility index (Phi) is 5.76. The third-order valence-electron chi connectivity index (χ3n) is 4.88. The molecule has 1 aliphatic rings. The number of likely N-dealkylation sites (tertiary alicyclic amines) is 1. The number of benzene rings is 2. The molecular weight excluding hydrogens is 373 g/mol. The van der Waals surface area contributed by atoms with Crippen molar-refractivity contribution >= 4 is 17.7 Å². The number of carbonyl (C=O) groups is 1. The van der Waals surface area contributed by atoms with Crippen LogP contribution in [0, 0.1) is 5.82 Å². The Morgan fingerprint density at radius 1 is 1.07 bits per heavy atom. The number of carbonyl (C=O) groups excluding carboxylic acids is 1. The summed E-state index contributed by atoms with van der Waals surface area (Å²) in [6, 6.07) is 14.3. The van der Waals surface area contributed by atoms with E-state index >= 15 is 0 Å². The van der Waals surface area contributed by atoms with Crippen LogP contribution < -0.4 is 0 Å². The highest BCUT2D eigenvalue weighted by Crippen LogP contribution is 2.25. The number of aromatic nitrogens is 2. The Balaban J connectivity index is 1.46. The summed E-state index contributed by atoms with van der Waals surface area (Å²) in [7, 11) is 0. The highest BCUT2D eigenvalue weighted by molar-refractivity contribution is 7.98. The van der Waals surface area contributed by atoms with E-state index in [-0.39, 0.29) is 11.7 Å². The maximum atomic E-state index is 13.5. The molecule has 0 N–H and O–H groups in total. The standard InChI is InChI=1S/C22H22FN3OS/c23-19-8-5-9-20(15-19)26-13-10-24-22(26)28-16-17-6-4-7-18(14-17)21(27)25-11-2-1-3-12-25/h4-10,13-15H,1-3,11-12,16H2. The van der Waals surface area contributed by atoms with Gasteiger partial charge in [0.1, 0.15) is 5.82 Å². The fourth-order valence-corrected chi connectivity index (χ4v) is 4.36. The van der Waals surface area contributed by atoms with Crippen LogP contribution in [0.5, 0.6) is 0 Å². The van der Waals surface area contributed by atoms with Crippen LogP contribution in [-0.2, 0) is 5.75 Å². The molecule has 0 atom stereocenters. The van der Waals surface area contributed by atoms with Crippen molar-refractivity contribution in [3.8, 4) is 5.69 Å². The highest BCUT2D eigenvalue weighted by Gasteiger charge is 2.18. The van der Waals surface area contributed by atoms with Crippen molar-refractivity contribution in [2.24, 2.45) is 0 Å². The molecule has 144 valence electrons. The maximum absolute atomic E-state index is 13.5. The van der Waals surface area contributed by atoms with Crippen molar-refractivity contribution in [3.63, 3.8) is 0 Å². The zero-order valence-electron chi connectivity index (χ0n) is 15.6. The van der Waals surface area contributed by atoms with Crippen LogP contribution in [-0.4, -0.2) is 33.4 Å². The molecule has 4 nitrogen and oxygen atoms in total. The molecule has 1 fully saturated rings. The van der Waals surface area contributed by atoms with Crippen LogP contribution in [0.25, 0.3) is 5.69 Å². The second kappa shape index (κ2) is 8.61. The first-order chi connectivity index (χ1) is 13.7. The van der Waals surface area contributed by atoms with Crippen molar-refractivity contribution in [1.29, 1.82) is 0 Å². The minimum atomic E-state index is -0.272. The summed E-state index contributed by atoms with van der Waals surface area (Å²) in [6.45, 7) is 1.70. The van der Waals surface area contributed by atoms with Crippen LogP contribution >= 0.6 is 11.8 Å². The van der Waals surface area contributed by atoms with E-state index in [1.54, 1.807) is 24.0 Å². The van der Waals surface area contributed by atoms with Crippen LogP contribution in [0.3, 0.4) is 0 Å². The number of rotatable bonds is 5. The fourth-order valence-electron chi connectivity index (χ4n) is 3.44. The molecule has 0 saturated carbocycles. The Morgan fingerprint density at radius 3 is 2.71 bits per heavy atom. The summed E-state index contributed by atoms with van der Waals surface area (Å²) >= 11 is 1.57. The Hall–Kier alpha value is -2.60. The molecular formula is C22H22FN3OS. The van der Waals surface area contributed by atoms with Gasteiger partial charge < -0.3 is 4.90 Å². The van der Waals surface area contributed by atoms with Gasteiger partial charge in [-0.15, -0.1) is 0 Å². The van der Waals surface area contributed by atoms with E-state index in [2.05, 4.69) is 4.98 Å². The van der Waals surface area contributed by atoms with Gasteiger partial charge in [0.2, 0.25) is 0 Å². The maximum Gasteiger partial charge on any atom is 0.253 e. The Bertz CT molecular complexity index is 966. The van der Waals surface area contributed by atoms with Crippen LogP contribution in [0.2, 0.25) is 0 Å². The molecule has 0 bridgehead atoms. The number of hydrogen-bond donors (Lipinski definition) is 0. The van der Waals surface area contributed by atoms with E-state index in [4.69, 9.17) is 0 Å². The number of hydrogen-bond acceptors (Lipinski definition) is 3. The lowest BCUT2D eigenvalue weighted by Crippen LogP contribution is -2.35. The number of piperidine rings is 1. The molecule has 1 aromatic heterocycles. The van der Waals surface area contributed by atoms with Gasteiger partial charge in [0, 0.05) is 36.8 Å². The number of halogens is 1. The van der Waals surface area contributed by atoms with E-state index in [1.165, 1.54) is 18.6 Å². The molecule has 1 amide bonds. The molecule has 2 aromatic carbocycles. The molecule has 28 heavy (non-hydrogen) atoms. The summed E-state index contributed by atoms with van der Waals surface area (Å²) < 4.78 is 15.4. The lowest BCUT2D eigenvalue weighted by molar-refractivity contribution is 0.0724. The quantitative estimate of drug-likeness (QED) is 0.575. The van der Waals surface area contributed by atoms with Gasteiger partial charge >= 0.3 is 0 Å². The lowest BCUT2D eigenvalue weighted by atomic mass is 10.1. The van der Waals surface area contributed by atoms with E-state index in [9.17, 15) is 9.18 Å². The van der Waals surface area contributed by atoms with Gasteiger partial charge in [-0.05, 0) is 55.2 Å². The minimum Gasteiger partial charge on any atom is -0.339 e. The largest absolute Gasteiger partial charge is 0.339 e. The van der Waals surface area contributed by atoms with Crippen molar-refractivity contribution < 1.29 is 9.18 Å². The van der Waals surface area contributed by atoms with Crippen molar-refractivity contribution in [2.75, 3.05) is 13.1 Å². The summed E-state index contributed by atoms with van der Waals surface area (Å²) in [6.07, 6.45) is 6.92. The van der Waals surface area contributed by atoms with Crippen LogP contribution in [0.15, 0.2) is 66.1 Å². The van der Waals surface area contributed by atoms with Gasteiger partial charge in [-0.3, -0.25) is 9.36 Å². The fraction of sp³-hybridized carbons (Fsp3) is 0.273. The van der Waals surface area contributed by atoms with Gasteiger partial charge in [-0.2, -0.15) is 0 Å². The van der Waals surface area contributed by atoms with Gasteiger partial charge in [0.25, 0.3) is 5.91 Å². The summed E-state index contributed by atoms with van der Waals surface area (Å²) in [4.78, 5) is 19.1. The normalized spacial score (nSPS) is 14.2. The second-order valence-corrected chi connectivity index (χ2v) is 7.84. The monoisotopic (exact) mass is 395 g/mol. The average molecular weight is 396 g/mol. The number of nitrogens with zero attached hydrogens (tertiary/aromatic N) is 3. The third kappa shape index (κ3) is 4.28. The zero-order valence-corrected chi connectivity index (χ0v) is 16.4. The van der Waals surface area contributed by atoms with Crippen molar-refractivity contribution in [1.82, 2.24) is 14.5 Å². The topological polar surface area (TPSA) is 38.1 Å². The third-order valence-corrected chi connectivity index (χ3v) is 5.92. The predicted molar refractivity (Wildman–Crippen MR) is 109 cm³/mol. The lowest BCUT2D eigenvalue weighted by Gasteiger charge is -2.26. The van der Waals surface area contributed by atoms with Crippen LogP contribution in [0.4, 0.5) is 4.39 Å². The second-order valence-electron chi connectivity index (χ2n) is 6.90. The summed E-state index contributed by atoms with van der Waals surface area (Å²) in [5.74, 6) is 0.534. The Morgan fingerprint density at radius 2 is 1.89 bits per heavy atom. The Labute approximate surface area is 168 Å². The van der Waals surface area contributed by atoms with Crippen LogP contribution in [0.1, 0.15) is 35.2 Å². The molecule has 0 aliphatic carbocycles. The van der Waals surface area contributed by atoms with E-state index < -0.39 is 0 Å². The first-order valence-electron chi connectivity index (χ1n) is 9.51. The summed E-state index contributed by atoms with van der Waals surface area (Å²) in [5.41, 5.74) is 2.56. The SMILES string of the molecule is O=C(c1cccc(CSc2nccn2-c2cccc(F)c2)c1)N1CCCCC1. The van der Waals surface area contributed by atoms with Gasteiger partial charge in [0.15, 0.2) is 5.16 Å². The van der Waals surface area contributed by atoms with Crippen molar-refractivity contribution in [2.45, 2.75) is 30.2 Å². The highest BCUT2D eigenvalue weighted by atomic mass is 32.2. The van der Waals surface area contributed by atoms with Crippen molar-refractivity contribution in [3.05, 3.63) is 77.9 Å². The molecule has 1 saturated heterocycles.